The van der Waals surface area contributed by atoms with Crippen molar-refractivity contribution < 1.29 is 86.7 Å². The Balaban J connectivity index is 0.00000648. The van der Waals surface area contributed by atoms with Crippen molar-refractivity contribution in [3.63, 3.8) is 0 Å². The number of aliphatic hydroxyl groups is 5. The van der Waals surface area contributed by atoms with Gasteiger partial charge in [-0.05, 0) is 39.5 Å². The number of nitrogens with one attached hydrogen (secondary N) is 1. The van der Waals surface area contributed by atoms with Gasteiger partial charge in [-0.1, -0.05) is 0 Å². The largest absolute Gasteiger partial charge is 0.394 e. The molecule has 2 heterocycles. The minimum Gasteiger partial charge on any atom is -0.394 e. The van der Waals surface area contributed by atoms with Crippen molar-refractivity contribution in [3.05, 3.63) is 0 Å². The molecule has 0 aromatic carbocycles. The Bertz CT molecular complexity index is 615. The third-order valence-corrected chi connectivity index (χ3v) is 6.22. The average molecular weight is 598 g/mol. The molecule has 1 radical (unpaired) electrons. The second-order valence-electron chi connectivity index (χ2n) is 9.30. The predicted octanol–water partition coefficient (Wildman–Crippen LogP) is -1.56. The van der Waals surface area contributed by atoms with Gasteiger partial charge < -0.3 is 54.5 Å². The first-order valence-corrected chi connectivity index (χ1v) is 12.4. The number of methoxy groups -OCH3 is 1. The van der Waals surface area contributed by atoms with E-state index in [0.29, 0.717) is 45.3 Å². The molecule has 0 aromatic rings. The van der Waals surface area contributed by atoms with Gasteiger partial charge >= 0.3 is 0 Å². The molecule has 1 amide bonds. The van der Waals surface area contributed by atoms with Gasteiger partial charge in [0.15, 0.2) is 6.29 Å². The fraction of sp³-hybridized carbons (Fsp3) is 0.957. The van der Waals surface area contributed by atoms with Gasteiger partial charge in [-0.2, -0.15) is 0 Å². The van der Waals surface area contributed by atoms with Gasteiger partial charge in [-0.25, -0.2) is 0 Å². The maximum atomic E-state index is 12.1. The number of carbonyl (C=O) groups is 1. The standard InChI is InChI=1S/C23H43NO11.Y/c1-13(2)33-12-16-19(28)22(31-3)14(34-16)7-6-9-24-17(26)8-4-5-10-32-23-21(30)20(29)18(27)15(11-25)35-23;/h13-16,18-23,25,27-30H,4-12H2,1-3H3,(H,24,26);/t14-,15+,16+,18+,19?,20-,21-,22+,23-;/m0./s1. The van der Waals surface area contributed by atoms with E-state index >= 15 is 0 Å². The molecule has 0 aliphatic carbocycles. The van der Waals surface area contributed by atoms with Crippen molar-refractivity contribution in [1.29, 1.82) is 0 Å². The Hall–Kier alpha value is 0.174. The quantitative estimate of drug-likeness (QED) is 0.120. The molecule has 9 atom stereocenters. The van der Waals surface area contributed by atoms with Crippen LogP contribution in [0.4, 0.5) is 0 Å². The van der Waals surface area contributed by atoms with Crippen molar-refractivity contribution >= 4 is 5.91 Å². The normalized spacial score (nSPS) is 34.5. The van der Waals surface area contributed by atoms with Crippen LogP contribution in [-0.2, 0) is 61.2 Å². The summed E-state index contributed by atoms with van der Waals surface area (Å²) in [7, 11) is 1.54. The molecule has 0 saturated carbocycles. The van der Waals surface area contributed by atoms with Crippen molar-refractivity contribution in [2.24, 2.45) is 0 Å². The number of ether oxygens (including phenoxy) is 5. The van der Waals surface area contributed by atoms with Gasteiger partial charge in [0, 0.05) is 59.4 Å². The fourth-order valence-electron chi connectivity index (χ4n) is 4.17. The maximum Gasteiger partial charge on any atom is 0.219 e. The number of carbonyl (C=O) groups excluding carboxylic acids is 1. The fourth-order valence-corrected chi connectivity index (χ4v) is 4.17. The third kappa shape index (κ3) is 10.4. The van der Waals surface area contributed by atoms with Crippen LogP contribution in [0.5, 0.6) is 0 Å². The SMILES string of the molecule is CO[C@H]1C(O)[C@@H](COC(C)C)O[C@H]1CCCNC(=O)CCCCO[C@H]1O[C@H](CO)[C@@H](O)[C@H](O)[C@@H]1O.[Y]. The van der Waals surface area contributed by atoms with Crippen LogP contribution in [0.2, 0.25) is 0 Å². The van der Waals surface area contributed by atoms with Gasteiger partial charge in [0.2, 0.25) is 5.91 Å². The molecule has 2 aliphatic rings. The van der Waals surface area contributed by atoms with Gasteiger partial charge in [0.25, 0.3) is 0 Å². The van der Waals surface area contributed by atoms with Crippen molar-refractivity contribution in [2.45, 2.75) is 107 Å². The van der Waals surface area contributed by atoms with Crippen LogP contribution < -0.4 is 5.32 Å². The van der Waals surface area contributed by atoms with E-state index in [4.69, 9.17) is 23.7 Å². The summed E-state index contributed by atoms with van der Waals surface area (Å²) in [6.45, 7) is 4.27. The Kier molecular flexibility index (Phi) is 16.8. The summed E-state index contributed by atoms with van der Waals surface area (Å²) in [6, 6.07) is 0. The van der Waals surface area contributed by atoms with E-state index in [1.54, 1.807) is 7.11 Å². The molecule has 12 nitrogen and oxygen atoms in total. The van der Waals surface area contributed by atoms with Gasteiger partial charge in [-0.3, -0.25) is 4.79 Å². The molecule has 1 unspecified atom stereocenters. The summed E-state index contributed by atoms with van der Waals surface area (Å²) in [4.78, 5) is 12.1. The summed E-state index contributed by atoms with van der Waals surface area (Å²) in [5.74, 6) is -0.100. The first-order chi connectivity index (χ1) is 16.7. The molecule has 2 aliphatic heterocycles. The number of aliphatic hydroxyl groups excluding tert-OH is 5. The van der Waals surface area contributed by atoms with Crippen molar-refractivity contribution in [2.75, 3.05) is 33.5 Å². The predicted molar refractivity (Wildman–Crippen MR) is 122 cm³/mol. The van der Waals surface area contributed by atoms with E-state index < -0.39 is 55.6 Å². The van der Waals surface area contributed by atoms with E-state index in [9.17, 15) is 30.3 Å². The summed E-state index contributed by atoms with van der Waals surface area (Å²) < 4.78 is 27.5. The van der Waals surface area contributed by atoms with Gasteiger partial charge in [-0.15, -0.1) is 0 Å². The monoisotopic (exact) mass is 598 g/mol. The Morgan fingerprint density at radius 3 is 2.31 bits per heavy atom. The van der Waals surface area contributed by atoms with E-state index in [0.717, 1.165) is 0 Å². The summed E-state index contributed by atoms with van der Waals surface area (Å²) in [6.07, 6.45) is -5.72. The molecule has 0 aromatic heterocycles. The average Bonchev–Trinajstić information content (AvgIpc) is 3.14. The van der Waals surface area contributed by atoms with Crippen molar-refractivity contribution in [1.82, 2.24) is 5.32 Å². The summed E-state index contributed by atoms with van der Waals surface area (Å²) in [5, 5.41) is 51.9. The van der Waals surface area contributed by atoms with Crippen LogP contribution >= 0.6 is 0 Å². The summed E-state index contributed by atoms with van der Waals surface area (Å²) in [5.41, 5.74) is 0. The first kappa shape index (κ1) is 34.2. The minimum absolute atomic E-state index is 0. The maximum absolute atomic E-state index is 12.1. The molecule has 2 saturated heterocycles. The number of rotatable bonds is 15. The zero-order valence-corrected chi connectivity index (χ0v) is 24.2. The van der Waals surface area contributed by atoms with E-state index in [1.807, 2.05) is 13.8 Å². The zero-order chi connectivity index (χ0) is 26.0. The first-order valence-electron chi connectivity index (χ1n) is 12.4. The minimum atomic E-state index is -1.48. The van der Waals surface area contributed by atoms with Crippen LogP contribution in [0, 0.1) is 0 Å². The molecular weight excluding hydrogens is 555 g/mol. The Morgan fingerprint density at radius 2 is 1.67 bits per heavy atom. The Labute approximate surface area is 237 Å². The second-order valence-corrected chi connectivity index (χ2v) is 9.30. The van der Waals surface area contributed by atoms with Crippen LogP contribution in [0.3, 0.4) is 0 Å². The molecule has 0 spiro atoms. The van der Waals surface area contributed by atoms with E-state index in [-0.39, 0.29) is 57.4 Å². The number of amides is 1. The topological polar surface area (TPSA) is 176 Å². The van der Waals surface area contributed by atoms with Gasteiger partial charge in [0.1, 0.15) is 42.7 Å². The van der Waals surface area contributed by atoms with Crippen LogP contribution in [0.1, 0.15) is 46.0 Å². The molecule has 6 N–H and O–H groups in total. The number of hydrogen-bond acceptors (Lipinski definition) is 11. The van der Waals surface area contributed by atoms with E-state index in [1.165, 1.54) is 0 Å². The third-order valence-electron chi connectivity index (χ3n) is 6.22. The molecule has 2 rings (SSSR count). The van der Waals surface area contributed by atoms with Crippen molar-refractivity contribution in [3.8, 4) is 0 Å². The summed E-state index contributed by atoms with van der Waals surface area (Å²) >= 11 is 0. The molecule has 13 heteroatoms. The van der Waals surface area contributed by atoms with E-state index in [2.05, 4.69) is 5.32 Å². The van der Waals surface area contributed by atoms with Crippen LogP contribution in [0.25, 0.3) is 0 Å². The molecule has 36 heavy (non-hydrogen) atoms. The number of hydrogen-bond donors (Lipinski definition) is 6. The molecule has 209 valence electrons. The molecule has 0 bridgehead atoms. The second kappa shape index (κ2) is 17.7. The Morgan fingerprint density at radius 1 is 0.944 bits per heavy atom. The molecule has 2 fully saturated rings. The van der Waals surface area contributed by atoms with Crippen LogP contribution in [-0.4, -0.2) is 126 Å². The molecular formula is C23H43NO11Y. The smallest absolute Gasteiger partial charge is 0.219 e. The number of unbranched alkanes of at least 4 members (excludes halogenated alkanes) is 1. The van der Waals surface area contributed by atoms with Gasteiger partial charge in [0.05, 0.1) is 25.4 Å². The van der Waals surface area contributed by atoms with Crippen LogP contribution in [0.15, 0.2) is 0 Å². The zero-order valence-electron chi connectivity index (χ0n) is 21.4.